The van der Waals surface area contributed by atoms with E-state index < -0.39 is 0 Å². The van der Waals surface area contributed by atoms with E-state index in [1.54, 1.807) is 7.11 Å². The Morgan fingerprint density at radius 3 is 2.82 bits per heavy atom. The molecular formula is C13H26ClNO2. The second-order valence-corrected chi connectivity index (χ2v) is 5.41. The van der Waals surface area contributed by atoms with E-state index in [-0.39, 0.29) is 5.54 Å². The predicted molar refractivity (Wildman–Crippen MR) is 71.8 cm³/mol. The molecule has 0 aromatic rings. The Balaban J connectivity index is 2.17. The van der Waals surface area contributed by atoms with Crippen LogP contribution < -0.4 is 5.32 Å². The van der Waals surface area contributed by atoms with Crippen LogP contribution in [0.3, 0.4) is 0 Å². The van der Waals surface area contributed by atoms with Crippen LogP contribution >= 0.6 is 11.6 Å². The topological polar surface area (TPSA) is 30.5 Å². The van der Waals surface area contributed by atoms with Crippen molar-refractivity contribution in [3.8, 4) is 0 Å². The summed E-state index contributed by atoms with van der Waals surface area (Å²) in [5.41, 5.74) is 0.143. The number of rotatable bonds is 8. The average molecular weight is 264 g/mol. The lowest BCUT2D eigenvalue weighted by Gasteiger charge is -2.39. The van der Waals surface area contributed by atoms with Crippen molar-refractivity contribution in [3.05, 3.63) is 0 Å². The van der Waals surface area contributed by atoms with Gasteiger partial charge in [0.2, 0.25) is 0 Å². The highest BCUT2D eigenvalue weighted by atomic mass is 35.5. The largest absolute Gasteiger partial charge is 0.382 e. The number of alkyl halides is 1. The smallest absolute Gasteiger partial charge is 0.0700 e. The fourth-order valence-corrected chi connectivity index (χ4v) is 2.96. The van der Waals surface area contributed by atoms with Crippen LogP contribution in [0.15, 0.2) is 0 Å². The monoisotopic (exact) mass is 263 g/mol. The van der Waals surface area contributed by atoms with Crippen LogP contribution in [-0.2, 0) is 9.47 Å². The summed E-state index contributed by atoms with van der Waals surface area (Å²) in [7, 11) is 1.69. The fourth-order valence-electron chi connectivity index (χ4n) is 2.62. The van der Waals surface area contributed by atoms with E-state index >= 15 is 0 Å². The molecule has 1 fully saturated rings. The summed E-state index contributed by atoms with van der Waals surface area (Å²) in [6.07, 6.45) is 5.00. The lowest BCUT2D eigenvalue weighted by atomic mass is 9.77. The first-order chi connectivity index (χ1) is 8.22. The molecule has 0 aromatic carbocycles. The summed E-state index contributed by atoms with van der Waals surface area (Å²) < 4.78 is 10.4. The molecule has 1 aliphatic carbocycles. The van der Waals surface area contributed by atoms with Crippen molar-refractivity contribution < 1.29 is 9.47 Å². The first kappa shape index (κ1) is 15.2. The number of hydrogen-bond donors (Lipinski definition) is 1. The quantitative estimate of drug-likeness (QED) is 0.539. The molecule has 2 unspecified atom stereocenters. The molecule has 0 spiro atoms. The molecule has 1 aliphatic rings. The van der Waals surface area contributed by atoms with Gasteiger partial charge in [0.05, 0.1) is 19.8 Å². The van der Waals surface area contributed by atoms with Crippen molar-refractivity contribution in [3.63, 3.8) is 0 Å². The SMILES string of the molecule is COCCOCCNC1(CCl)CCCC(C)C1. The van der Waals surface area contributed by atoms with Crippen LogP contribution in [0, 0.1) is 5.92 Å². The molecule has 4 heteroatoms. The Morgan fingerprint density at radius 1 is 1.35 bits per heavy atom. The third-order valence-corrected chi connectivity index (χ3v) is 4.04. The van der Waals surface area contributed by atoms with Gasteiger partial charge in [0.25, 0.3) is 0 Å². The summed E-state index contributed by atoms with van der Waals surface area (Å²) in [5.74, 6) is 1.49. The normalized spacial score (nSPS) is 29.5. The van der Waals surface area contributed by atoms with Crippen LogP contribution in [0.25, 0.3) is 0 Å². The van der Waals surface area contributed by atoms with Gasteiger partial charge in [-0.3, -0.25) is 0 Å². The number of ether oxygens (including phenoxy) is 2. The van der Waals surface area contributed by atoms with Crippen LogP contribution in [0.4, 0.5) is 0 Å². The molecule has 0 aromatic heterocycles. The average Bonchev–Trinajstić information content (AvgIpc) is 2.34. The Bertz CT molecular complexity index is 204. The second-order valence-electron chi connectivity index (χ2n) is 5.15. The van der Waals surface area contributed by atoms with Crippen molar-refractivity contribution >= 4 is 11.6 Å². The first-order valence-electron chi connectivity index (χ1n) is 6.60. The van der Waals surface area contributed by atoms with Crippen molar-refractivity contribution in [2.45, 2.75) is 38.1 Å². The lowest BCUT2D eigenvalue weighted by Crippen LogP contribution is -2.51. The summed E-state index contributed by atoms with van der Waals surface area (Å²) in [4.78, 5) is 0. The first-order valence-corrected chi connectivity index (χ1v) is 7.13. The maximum atomic E-state index is 6.14. The highest BCUT2D eigenvalue weighted by Gasteiger charge is 2.33. The number of methoxy groups -OCH3 is 1. The van der Waals surface area contributed by atoms with Crippen molar-refractivity contribution in [2.24, 2.45) is 5.92 Å². The van der Waals surface area contributed by atoms with E-state index in [0.717, 1.165) is 19.1 Å². The van der Waals surface area contributed by atoms with E-state index in [1.807, 2.05) is 0 Å². The minimum absolute atomic E-state index is 0.143. The summed E-state index contributed by atoms with van der Waals surface area (Å²) >= 11 is 6.14. The fraction of sp³-hybridized carbons (Fsp3) is 1.00. The van der Waals surface area contributed by atoms with E-state index in [1.165, 1.54) is 25.7 Å². The standard InChI is InChI=1S/C13H26ClNO2/c1-12-4-3-5-13(10-12,11-14)15-6-7-17-9-8-16-2/h12,15H,3-11H2,1-2H3. The molecule has 102 valence electrons. The van der Waals surface area contributed by atoms with Gasteiger partial charge in [-0.2, -0.15) is 0 Å². The molecule has 1 rings (SSSR count). The third-order valence-electron chi connectivity index (χ3n) is 3.53. The van der Waals surface area contributed by atoms with Gasteiger partial charge in [-0.25, -0.2) is 0 Å². The van der Waals surface area contributed by atoms with Gasteiger partial charge >= 0.3 is 0 Å². The van der Waals surface area contributed by atoms with Gasteiger partial charge in [-0.1, -0.05) is 19.8 Å². The molecule has 0 heterocycles. The molecule has 3 nitrogen and oxygen atoms in total. The minimum Gasteiger partial charge on any atom is -0.382 e. The molecule has 1 saturated carbocycles. The maximum Gasteiger partial charge on any atom is 0.0700 e. The Labute approximate surface area is 110 Å². The Kier molecular flexibility index (Phi) is 7.44. The molecule has 2 atom stereocenters. The minimum atomic E-state index is 0.143. The summed E-state index contributed by atoms with van der Waals surface area (Å²) in [6, 6.07) is 0. The molecule has 0 aliphatic heterocycles. The third kappa shape index (κ3) is 5.56. The highest BCUT2D eigenvalue weighted by molar-refractivity contribution is 6.18. The molecule has 0 saturated heterocycles. The van der Waals surface area contributed by atoms with Gasteiger partial charge in [0, 0.05) is 25.1 Å². The predicted octanol–water partition coefficient (Wildman–Crippen LogP) is 2.43. The van der Waals surface area contributed by atoms with Gasteiger partial charge in [-0.15, -0.1) is 11.6 Å². The zero-order valence-corrected chi connectivity index (χ0v) is 11.9. The molecule has 17 heavy (non-hydrogen) atoms. The number of halogens is 1. The zero-order chi connectivity index (χ0) is 12.6. The summed E-state index contributed by atoms with van der Waals surface area (Å²) in [5, 5.41) is 3.59. The van der Waals surface area contributed by atoms with Crippen LogP contribution in [-0.4, -0.2) is 44.9 Å². The van der Waals surface area contributed by atoms with Crippen LogP contribution in [0.1, 0.15) is 32.6 Å². The maximum absolute atomic E-state index is 6.14. The summed E-state index contributed by atoms with van der Waals surface area (Å²) in [6.45, 7) is 5.26. The van der Waals surface area contributed by atoms with Gasteiger partial charge in [0.15, 0.2) is 0 Å². The second kappa shape index (κ2) is 8.30. The van der Waals surface area contributed by atoms with Crippen molar-refractivity contribution in [2.75, 3.05) is 39.4 Å². The molecule has 0 radical (unpaired) electrons. The molecule has 0 amide bonds. The van der Waals surface area contributed by atoms with Gasteiger partial charge in [0.1, 0.15) is 0 Å². The van der Waals surface area contributed by atoms with E-state index in [9.17, 15) is 0 Å². The molecule has 1 N–H and O–H groups in total. The Hall–Kier alpha value is 0.170. The number of hydrogen-bond acceptors (Lipinski definition) is 3. The lowest BCUT2D eigenvalue weighted by molar-refractivity contribution is 0.0668. The molecular weight excluding hydrogens is 238 g/mol. The van der Waals surface area contributed by atoms with Gasteiger partial charge in [-0.05, 0) is 18.8 Å². The van der Waals surface area contributed by atoms with E-state index in [0.29, 0.717) is 19.1 Å². The van der Waals surface area contributed by atoms with E-state index in [4.69, 9.17) is 21.1 Å². The van der Waals surface area contributed by atoms with Crippen LogP contribution in [0.5, 0.6) is 0 Å². The van der Waals surface area contributed by atoms with Crippen LogP contribution in [0.2, 0.25) is 0 Å². The highest BCUT2D eigenvalue weighted by Crippen LogP contribution is 2.32. The number of nitrogens with one attached hydrogen (secondary N) is 1. The van der Waals surface area contributed by atoms with E-state index in [2.05, 4.69) is 12.2 Å². The Morgan fingerprint density at radius 2 is 2.18 bits per heavy atom. The van der Waals surface area contributed by atoms with Crippen molar-refractivity contribution in [1.29, 1.82) is 0 Å². The zero-order valence-electron chi connectivity index (χ0n) is 11.1. The van der Waals surface area contributed by atoms with Gasteiger partial charge < -0.3 is 14.8 Å². The molecule has 0 bridgehead atoms. The van der Waals surface area contributed by atoms with Crippen molar-refractivity contribution in [1.82, 2.24) is 5.32 Å².